The Morgan fingerprint density at radius 1 is 0.413 bits per heavy atom. The maximum atomic E-state index is 13.2. The highest BCUT2D eigenvalue weighted by Gasteiger charge is 2.33. The van der Waals surface area contributed by atoms with E-state index in [2.05, 4.69) is 6.58 Å². The predicted molar refractivity (Wildman–Crippen MR) is 182 cm³/mol. The van der Waals surface area contributed by atoms with E-state index < -0.39 is 8.58 Å². The molecule has 46 heavy (non-hydrogen) atoms. The minimum atomic E-state index is -0.465. The number of benzene rings is 6. The lowest BCUT2D eigenvalue weighted by Crippen LogP contribution is -2.12. The molecule has 226 valence electrons. The van der Waals surface area contributed by atoms with E-state index in [9.17, 15) is 4.79 Å². The highest BCUT2D eigenvalue weighted by atomic mass is 31.1. The molecule has 6 rings (SSSR count). The van der Waals surface area contributed by atoms with Crippen LogP contribution in [0.2, 0.25) is 0 Å². The Hall–Kier alpha value is -5.84. The molecule has 6 nitrogen and oxygen atoms in total. The first kappa shape index (κ1) is 30.2. The van der Waals surface area contributed by atoms with Gasteiger partial charge in [0.2, 0.25) is 17.2 Å². The summed E-state index contributed by atoms with van der Waals surface area (Å²) in [5.74, 6) is 3.66. The number of ether oxygens (including phenoxy) is 5. The molecular formula is C39H29O6P. The van der Waals surface area contributed by atoms with Crippen LogP contribution in [-0.4, -0.2) is 5.52 Å². The van der Waals surface area contributed by atoms with Crippen molar-refractivity contribution in [2.75, 3.05) is 0 Å². The van der Waals surface area contributed by atoms with Crippen LogP contribution in [0.4, 0.5) is 0 Å². The van der Waals surface area contributed by atoms with Gasteiger partial charge in [-0.3, -0.25) is 4.79 Å². The minimum absolute atomic E-state index is 0.190. The van der Waals surface area contributed by atoms with Gasteiger partial charge in [-0.25, -0.2) is 0 Å². The minimum Gasteiger partial charge on any atom is -0.452 e. The van der Waals surface area contributed by atoms with E-state index in [0.717, 1.165) is 0 Å². The molecule has 0 radical (unpaired) electrons. The number of hydrogen-bond acceptors (Lipinski definition) is 6. The molecule has 1 atom stereocenters. The first-order chi connectivity index (χ1) is 22.7. The second-order valence-electron chi connectivity index (χ2n) is 9.79. The first-order valence-electron chi connectivity index (χ1n) is 14.5. The molecule has 0 aliphatic heterocycles. The monoisotopic (exact) mass is 624 g/mol. The standard InChI is InChI=1S/C39H29O6P/c1-2-33(40)46-39-37(44-31-24-14-6-15-25-31)35(42-29-20-10-4-11-21-29)34(41-28-18-8-3-9-19-28)36(43-30-22-12-5-13-23-30)38(39)45-32-26-16-7-17-27-32/h2-27,46H,1H2. The average molecular weight is 625 g/mol. The number of allylic oxidation sites excluding steroid dienone is 1. The summed E-state index contributed by atoms with van der Waals surface area (Å²) in [6.45, 7) is 3.73. The molecule has 7 heteroatoms. The van der Waals surface area contributed by atoms with Gasteiger partial charge in [0.05, 0.1) is 5.30 Å². The Labute approximate surface area is 269 Å². The third kappa shape index (κ3) is 7.44. The van der Waals surface area contributed by atoms with E-state index in [0.29, 0.717) is 34.1 Å². The SMILES string of the molecule is C=CC(=O)Pc1c(Oc2ccccc2)c(Oc2ccccc2)c(Oc2ccccc2)c(Oc2ccccc2)c1Oc1ccccc1. The molecule has 6 aromatic rings. The maximum absolute atomic E-state index is 13.2. The van der Waals surface area contributed by atoms with Crippen molar-refractivity contribution in [2.45, 2.75) is 0 Å². The fourth-order valence-corrected chi connectivity index (χ4v) is 5.34. The Bertz CT molecular complexity index is 1790. The van der Waals surface area contributed by atoms with Crippen LogP contribution in [0.25, 0.3) is 0 Å². The zero-order valence-corrected chi connectivity index (χ0v) is 25.7. The molecule has 1 unspecified atom stereocenters. The van der Waals surface area contributed by atoms with Gasteiger partial charge in [0, 0.05) is 0 Å². The first-order valence-corrected chi connectivity index (χ1v) is 15.5. The summed E-state index contributed by atoms with van der Waals surface area (Å²) < 4.78 is 33.0. The Morgan fingerprint density at radius 3 is 0.913 bits per heavy atom. The third-order valence-electron chi connectivity index (χ3n) is 6.53. The van der Waals surface area contributed by atoms with Gasteiger partial charge in [-0.1, -0.05) is 97.6 Å². The fraction of sp³-hybridized carbons (Fsp3) is 0. The van der Waals surface area contributed by atoms with Crippen molar-refractivity contribution in [3.05, 3.63) is 164 Å². The van der Waals surface area contributed by atoms with Crippen LogP contribution < -0.4 is 29.0 Å². The molecule has 0 N–H and O–H groups in total. The lowest BCUT2D eigenvalue weighted by Gasteiger charge is -2.25. The van der Waals surface area contributed by atoms with Gasteiger partial charge in [0.15, 0.2) is 17.0 Å². The largest absolute Gasteiger partial charge is 0.452 e. The van der Waals surface area contributed by atoms with Crippen molar-refractivity contribution in [1.29, 1.82) is 0 Å². The Balaban J connectivity index is 1.70. The van der Waals surface area contributed by atoms with Gasteiger partial charge >= 0.3 is 0 Å². The van der Waals surface area contributed by atoms with E-state index in [1.807, 2.05) is 152 Å². The number of rotatable bonds is 13. The molecule has 0 saturated carbocycles. The van der Waals surface area contributed by atoms with Gasteiger partial charge < -0.3 is 23.7 Å². The van der Waals surface area contributed by atoms with Crippen LogP contribution in [0.5, 0.6) is 57.5 Å². The number of hydrogen-bond donors (Lipinski definition) is 0. The summed E-state index contributed by atoms with van der Waals surface area (Å²) in [7, 11) is -0.465. The van der Waals surface area contributed by atoms with Gasteiger partial charge in [0.25, 0.3) is 0 Å². The zero-order chi connectivity index (χ0) is 31.6. The molecule has 0 aliphatic rings. The summed E-state index contributed by atoms with van der Waals surface area (Å²) in [6.07, 6.45) is 1.28. The fourth-order valence-electron chi connectivity index (χ4n) is 4.43. The summed E-state index contributed by atoms with van der Waals surface area (Å²) in [6, 6.07) is 46.3. The topological polar surface area (TPSA) is 63.2 Å². The highest BCUT2D eigenvalue weighted by Crippen LogP contribution is 2.56. The lowest BCUT2D eigenvalue weighted by atomic mass is 10.2. The molecule has 0 fully saturated rings. The van der Waals surface area contributed by atoms with Crippen LogP contribution in [-0.2, 0) is 4.79 Å². The quantitative estimate of drug-likeness (QED) is 0.0941. The average Bonchev–Trinajstić information content (AvgIpc) is 3.11. The van der Waals surface area contributed by atoms with Crippen LogP contribution in [0.3, 0.4) is 0 Å². The van der Waals surface area contributed by atoms with E-state index in [4.69, 9.17) is 23.7 Å². The van der Waals surface area contributed by atoms with Gasteiger partial charge in [-0.05, 0) is 75.3 Å². The Kier molecular flexibility index (Phi) is 9.69. The highest BCUT2D eigenvalue weighted by molar-refractivity contribution is 7.66. The summed E-state index contributed by atoms with van der Waals surface area (Å²) >= 11 is 0. The molecule has 0 heterocycles. The molecule has 0 aromatic heterocycles. The van der Waals surface area contributed by atoms with Gasteiger partial charge in [-0.2, -0.15) is 0 Å². The third-order valence-corrected chi connectivity index (χ3v) is 7.68. The van der Waals surface area contributed by atoms with Crippen LogP contribution in [0.15, 0.2) is 164 Å². The van der Waals surface area contributed by atoms with Gasteiger partial charge in [-0.15, -0.1) is 0 Å². The van der Waals surface area contributed by atoms with Gasteiger partial charge in [0.1, 0.15) is 28.7 Å². The zero-order valence-electron chi connectivity index (χ0n) is 24.7. The van der Waals surface area contributed by atoms with Crippen molar-refractivity contribution < 1.29 is 28.5 Å². The second-order valence-corrected chi connectivity index (χ2v) is 11.0. The molecule has 6 aromatic carbocycles. The maximum Gasteiger partial charge on any atom is 0.220 e. The van der Waals surface area contributed by atoms with E-state index in [-0.39, 0.29) is 34.3 Å². The number of para-hydroxylation sites is 5. The van der Waals surface area contributed by atoms with E-state index in [1.165, 1.54) is 6.08 Å². The normalized spacial score (nSPS) is 10.7. The van der Waals surface area contributed by atoms with Crippen molar-refractivity contribution >= 4 is 19.4 Å². The molecule has 0 amide bonds. The molecule has 0 spiro atoms. The van der Waals surface area contributed by atoms with E-state index in [1.54, 1.807) is 0 Å². The number of carbonyl (C=O) groups is 1. The second kappa shape index (κ2) is 14.8. The van der Waals surface area contributed by atoms with Crippen molar-refractivity contribution in [1.82, 2.24) is 0 Å². The molecule has 0 bridgehead atoms. The Morgan fingerprint density at radius 2 is 0.652 bits per heavy atom. The number of carbonyl (C=O) groups excluding carboxylic acids is 1. The lowest BCUT2D eigenvalue weighted by molar-refractivity contribution is -0.107. The molecule has 0 saturated heterocycles. The van der Waals surface area contributed by atoms with Crippen molar-refractivity contribution in [2.24, 2.45) is 0 Å². The van der Waals surface area contributed by atoms with Crippen LogP contribution in [0, 0.1) is 0 Å². The molecule has 0 aliphatic carbocycles. The van der Waals surface area contributed by atoms with Crippen molar-refractivity contribution in [3.8, 4) is 57.5 Å². The van der Waals surface area contributed by atoms with Crippen LogP contribution in [0.1, 0.15) is 0 Å². The summed E-state index contributed by atoms with van der Waals surface area (Å²) in [5.41, 5.74) is -0.233. The predicted octanol–water partition coefficient (Wildman–Crippen LogP) is 10.7. The van der Waals surface area contributed by atoms with Crippen molar-refractivity contribution in [3.63, 3.8) is 0 Å². The summed E-state index contributed by atoms with van der Waals surface area (Å²) in [4.78, 5) is 13.2. The van der Waals surface area contributed by atoms with Crippen LogP contribution >= 0.6 is 8.58 Å². The smallest absolute Gasteiger partial charge is 0.220 e. The molecular weight excluding hydrogens is 595 g/mol. The van der Waals surface area contributed by atoms with E-state index >= 15 is 0 Å². The summed E-state index contributed by atoms with van der Waals surface area (Å²) in [5, 5.41) is 0.412.